The number of benzene rings is 1. The molecule has 1 saturated heterocycles. The number of piperazine rings is 1. The average Bonchev–Trinajstić information content (AvgIpc) is 3.45. The first-order chi connectivity index (χ1) is 15.6. The summed E-state index contributed by atoms with van der Waals surface area (Å²) >= 11 is 1.73. The fraction of sp³-hybridized carbons (Fsp3) is 0.320. The molecular weight excluding hydrogens is 418 g/mol. The highest BCUT2D eigenvalue weighted by Gasteiger charge is 2.25. The van der Waals surface area contributed by atoms with E-state index >= 15 is 0 Å². The maximum atomic E-state index is 13.4. The van der Waals surface area contributed by atoms with Crippen LogP contribution < -0.4 is 0 Å². The Kier molecular flexibility index (Phi) is 5.76. The molecule has 6 nitrogen and oxygen atoms in total. The maximum Gasteiger partial charge on any atom is 0.254 e. The normalized spacial score (nSPS) is 14.9. The van der Waals surface area contributed by atoms with E-state index in [0.29, 0.717) is 12.1 Å². The molecule has 1 amide bonds. The molecule has 7 heteroatoms. The molecule has 4 aromatic rings. The van der Waals surface area contributed by atoms with Crippen molar-refractivity contribution in [3.63, 3.8) is 0 Å². The van der Waals surface area contributed by atoms with E-state index in [2.05, 4.69) is 58.0 Å². The number of hydrogen-bond donors (Lipinski definition) is 0. The van der Waals surface area contributed by atoms with Gasteiger partial charge in [-0.05, 0) is 47.9 Å². The van der Waals surface area contributed by atoms with Crippen LogP contribution in [0.2, 0.25) is 0 Å². The van der Waals surface area contributed by atoms with Crippen molar-refractivity contribution in [1.29, 1.82) is 0 Å². The van der Waals surface area contributed by atoms with Gasteiger partial charge in [0.05, 0.1) is 23.7 Å². The summed E-state index contributed by atoms with van der Waals surface area (Å²) < 4.78 is 1.89. The standard InChI is InChI=1S/C25H27N5OS/c1-18-3-5-20(6-4-18)16-30-24-23(14-26-30)22(13-19(2)27-24)25(31)29-10-8-28(9-11-29)15-21-7-12-32-17-21/h3-7,12-14,17H,8-11,15-16H2,1-2H3. The third-order valence-electron chi connectivity index (χ3n) is 6.07. The van der Waals surface area contributed by atoms with Gasteiger partial charge in [0.1, 0.15) is 0 Å². The van der Waals surface area contributed by atoms with E-state index in [1.165, 1.54) is 16.7 Å². The van der Waals surface area contributed by atoms with E-state index in [0.717, 1.165) is 49.5 Å². The molecule has 0 radical (unpaired) electrons. The number of aromatic nitrogens is 3. The van der Waals surface area contributed by atoms with Gasteiger partial charge >= 0.3 is 0 Å². The van der Waals surface area contributed by atoms with E-state index in [9.17, 15) is 4.79 Å². The number of aryl methyl sites for hydroxylation is 2. The van der Waals surface area contributed by atoms with Crippen LogP contribution in [0.15, 0.2) is 53.4 Å². The minimum absolute atomic E-state index is 0.0746. The molecule has 0 aliphatic carbocycles. The van der Waals surface area contributed by atoms with Crippen molar-refractivity contribution < 1.29 is 4.79 Å². The zero-order valence-electron chi connectivity index (χ0n) is 18.5. The van der Waals surface area contributed by atoms with Gasteiger partial charge in [-0.25, -0.2) is 9.67 Å². The number of pyridine rings is 1. The zero-order valence-corrected chi connectivity index (χ0v) is 19.3. The van der Waals surface area contributed by atoms with Gasteiger partial charge in [-0.3, -0.25) is 9.69 Å². The van der Waals surface area contributed by atoms with Crippen molar-refractivity contribution in [2.45, 2.75) is 26.9 Å². The lowest BCUT2D eigenvalue weighted by molar-refractivity contribution is 0.0630. The Bertz CT molecular complexity index is 1220. The van der Waals surface area contributed by atoms with E-state index in [4.69, 9.17) is 4.98 Å². The summed E-state index contributed by atoms with van der Waals surface area (Å²) in [5.41, 5.74) is 6.05. The molecular formula is C25H27N5OS. The largest absolute Gasteiger partial charge is 0.336 e. The fourth-order valence-electron chi connectivity index (χ4n) is 4.25. The smallest absolute Gasteiger partial charge is 0.254 e. The van der Waals surface area contributed by atoms with E-state index in [-0.39, 0.29) is 5.91 Å². The Morgan fingerprint density at radius 2 is 1.78 bits per heavy atom. The molecule has 0 N–H and O–H groups in total. The van der Waals surface area contributed by atoms with Crippen molar-refractivity contribution >= 4 is 28.3 Å². The minimum atomic E-state index is 0.0746. The number of carbonyl (C=O) groups is 1. The Balaban J connectivity index is 1.34. The first kappa shape index (κ1) is 20.8. The maximum absolute atomic E-state index is 13.4. The minimum Gasteiger partial charge on any atom is -0.336 e. The molecule has 1 aliphatic rings. The van der Waals surface area contributed by atoms with Crippen molar-refractivity contribution in [1.82, 2.24) is 24.6 Å². The van der Waals surface area contributed by atoms with Crippen LogP contribution in [0.25, 0.3) is 11.0 Å². The van der Waals surface area contributed by atoms with Crippen LogP contribution in [0.3, 0.4) is 0 Å². The van der Waals surface area contributed by atoms with Crippen molar-refractivity contribution in [2.24, 2.45) is 0 Å². The van der Waals surface area contributed by atoms with Gasteiger partial charge in [-0.2, -0.15) is 16.4 Å². The number of fused-ring (bicyclic) bond motifs is 1. The predicted molar refractivity (Wildman–Crippen MR) is 128 cm³/mol. The lowest BCUT2D eigenvalue weighted by atomic mass is 10.1. The van der Waals surface area contributed by atoms with Crippen molar-refractivity contribution in [2.75, 3.05) is 26.2 Å². The molecule has 1 fully saturated rings. The second kappa shape index (κ2) is 8.84. The lowest BCUT2D eigenvalue weighted by Crippen LogP contribution is -2.48. The van der Waals surface area contributed by atoms with Crippen LogP contribution in [-0.2, 0) is 13.1 Å². The summed E-state index contributed by atoms with van der Waals surface area (Å²) in [4.78, 5) is 22.5. The van der Waals surface area contributed by atoms with Gasteiger partial charge in [-0.1, -0.05) is 29.8 Å². The first-order valence-electron chi connectivity index (χ1n) is 11.0. The third kappa shape index (κ3) is 4.31. The van der Waals surface area contributed by atoms with Crippen molar-refractivity contribution in [3.05, 3.63) is 81.3 Å². The molecule has 0 bridgehead atoms. The highest BCUT2D eigenvalue weighted by atomic mass is 32.1. The molecule has 3 aromatic heterocycles. The Hall–Kier alpha value is -3.03. The van der Waals surface area contributed by atoms with Crippen molar-refractivity contribution in [3.8, 4) is 0 Å². The first-order valence-corrected chi connectivity index (χ1v) is 11.9. The predicted octanol–water partition coefficient (Wildman–Crippen LogP) is 4.12. The number of thiophene rings is 1. The molecule has 32 heavy (non-hydrogen) atoms. The monoisotopic (exact) mass is 445 g/mol. The topological polar surface area (TPSA) is 54.3 Å². The summed E-state index contributed by atoms with van der Waals surface area (Å²) in [6.07, 6.45) is 1.79. The fourth-order valence-corrected chi connectivity index (χ4v) is 4.91. The second-order valence-corrected chi connectivity index (χ2v) is 9.32. The van der Waals surface area contributed by atoms with Crippen LogP contribution in [0.4, 0.5) is 0 Å². The average molecular weight is 446 g/mol. The number of amides is 1. The lowest BCUT2D eigenvalue weighted by Gasteiger charge is -2.34. The van der Waals surface area contributed by atoms with Gasteiger partial charge in [0, 0.05) is 38.4 Å². The number of hydrogen-bond acceptors (Lipinski definition) is 5. The van der Waals surface area contributed by atoms with Gasteiger partial charge < -0.3 is 4.90 Å². The summed E-state index contributed by atoms with van der Waals surface area (Å²) in [5, 5.41) is 9.71. The van der Waals surface area contributed by atoms with Gasteiger partial charge in [-0.15, -0.1) is 0 Å². The molecule has 1 aliphatic heterocycles. The Morgan fingerprint density at radius 1 is 1.00 bits per heavy atom. The summed E-state index contributed by atoms with van der Waals surface area (Å²) in [6.45, 7) is 8.87. The van der Waals surface area contributed by atoms with Crippen LogP contribution in [0.1, 0.15) is 32.7 Å². The second-order valence-electron chi connectivity index (χ2n) is 8.54. The highest BCUT2D eigenvalue weighted by molar-refractivity contribution is 7.07. The van der Waals surface area contributed by atoms with E-state index < -0.39 is 0 Å². The Morgan fingerprint density at radius 3 is 2.50 bits per heavy atom. The molecule has 4 heterocycles. The van der Waals surface area contributed by atoms with Gasteiger partial charge in [0.25, 0.3) is 5.91 Å². The van der Waals surface area contributed by atoms with Gasteiger partial charge in [0.15, 0.2) is 5.65 Å². The summed E-state index contributed by atoms with van der Waals surface area (Å²) in [7, 11) is 0. The van der Waals surface area contributed by atoms with Crippen LogP contribution in [0, 0.1) is 13.8 Å². The number of carbonyl (C=O) groups excluding carboxylic acids is 1. The van der Waals surface area contributed by atoms with Crippen LogP contribution in [0.5, 0.6) is 0 Å². The number of nitrogens with zero attached hydrogens (tertiary/aromatic N) is 5. The summed E-state index contributed by atoms with van der Waals surface area (Å²) in [5.74, 6) is 0.0746. The van der Waals surface area contributed by atoms with Crippen LogP contribution in [-0.4, -0.2) is 56.7 Å². The summed E-state index contributed by atoms with van der Waals surface area (Å²) in [6, 6.07) is 12.5. The molecule has 0 saturated carbocycles. The quantitative estimate of drug-likeness (QED) is 0.464. The third-order valence-corrected chi connectivity index (χ3v) is 6.80. The molecule has 164 valence electrons. The van der Waals surface area contributed by atoms with E-state index in [1.807, 2.05) is 22.6 Å². The molecule has 5 rings (SSSR count). The molecule has 0 unspecified atom stereocenters. The molecule has 1 aromatic carbocycles. The zero-order chi connectivity index (χ0) is 22.1. The highest BCUT2D eigenvalue weighted by Crippen LogP contribution is 2.22. The van der Waals surface area contributed by atoms with Gasteiger partial charge in [0.2, 0.25) is 0 Å². The molecule has 0 atom stereocenters. The SMILES string of the molecule is Cc1ccc(Cn2ncc3c(C(=O)N4CCN(Cc5ccsc5)CC4)cc(C)nc32)cc1. The van der Waals surface area contributed by atoms with Crippen LogP contribution >= 0.6 is 11.3 Å². The number of rotatable bonds is 5. The Labute approximate surface area is 192 Å². The van der Waals surface area contributed by atoms with E-state index in [1.54, 1.807) is 17.5 Å². The molecule has 0 spiro atoms.